The highest BCUT2D eigenvalue weighted by Gasteiger charge is 2.21. The highest BCUT2D eigenvalue weighted by molar-refractivity contribution is 7.80. The number of thiocarbonyl (C=S) groups is 1. The summed E-state index contributed by atoms with van der Waals surface area (Å²) in [5.74, 6) is 0. The molecule has 0 saturated carbocycles. The number of hydrogen-bond donors (Lipinski definition) is 1. The summed E-state index contributed by atoms with van der Waals surface area (Å²) in [6.45, 7) is 7.87. The van der Waals surface area contributed by atoms with Gasteiger partial charge in [0.15, 0.2) is 0 Å². The quantitative estimate of drug-likeness (QED) is 0.755. The maximum atomic E-state index is 5.60. The highest BCUT2D eigenvalue weighted by atomic mass is 32.1. The maximum Gasteiger partial charge on any atom is 0.0870 e. The lowest BCUT2D eigenvalue weighted by Gasteiger charge is -2.37. The van der Waals surface area contributed by atoms with Crippen LogP contribution in [0.15, 0.2) is 0 Å². The molecule has 0 aromatic rings. The van der Waals surface area contributed by atoms with Crippen LogP contribution in [0.3, 0.4) is 0 Å². The second-order valence-corrected chi connectivity index (χ2v) is 6.53. The minimum Gasteiger partial charge on any atom is -0.392 e. The van der Waals surface area contributed by atoms with Crippen LogP contribution in [-0.4, -0.2) is 78.6 Å². The number of likely N-dealkylation sites (tertiary alicyclic amines) is 1. The van der Waals surface area contributed by atoms with Crippen LogP contribution in [0, 0.1) is 0 Å². The summed E-state index contributed by atoms with van der Waals surface area (Å²) < 4.78 is 0. The molecule has 110 valence electrons. The van der Waals surface area contributed by atoms with E-state index in [1.165, 1.54) is 51.9 Å². The predicted molar refractivity (Wildman–Crippen MR) is 84.6 cm³/mol. The van der Waals surface area contributed by atoms with Crippen molar-refractivity contribution < 1.29 is 0 Å². The van der Waals surface area contributed by atoms with E-state index in [-0.39, 0.29) is 0 Å². The Morgan fingerprint density at radius 3 is 2.42 bits per heavy atom. The van der Waals surface area contributed by atoms with Crippen molar-refractivity contribution in [2.24, 2.45) is 5.73 Å². The van der Waals surface area contributed by atoms with Crippen molar-refractivity contribution >= 4 is 17.2 Å². The Morgan fingerprint density at radius 2 is 1.79 bits per heavy atom. The van der Waals surface area contributed by atoms with Crippen LogP contribution < -0.4 is 5.73 Å². The monoisotopic (exact) mass is 284 g/mol. The second-order valence-electron chi connectivity index (χ2n) is 6.00. The average Bonchev–Trinajstić information content (AvgIpc) is 2.39. The molecule has 0 spiro atoms. The minimum absolute atomic E-state index is 0.622. The van der Waals surface area contributed by atoms with Crippen molar-refractivity contribution in [2.75, 3.05) is 52.9 Å². The van der Waals surface area contributed by atoms with Crippen molar-refractivity contribution in [3.05, 3.63) is 0 Å². The lowest BCUT2D eigenvalue weighted by Crippen LogP contribution is -2.49. The van der Waals surface area contributed by atoms with Gasteiger partial charge in [-0.2, -0.15) is 0 Å². The number of nitrogens with zero attached hydrogens (tertiary/aromatic N) is 3. The molecule has 2 heterocycles. The summed E-state index contributed by atoms with van der Waals surface area (Å²) >= 11 is 4.97. The third kappa shape index (κ3) is 4.99. The Labute approximate surface area is 122 Å². The second kappa shape index (κ2) is 7.53. The Kier molecular flexibility index (Phi) is 6.01. The zero-order valence-corrected chi connectivity index (χ0v) is 13.0. The Balaban J connectivity index is 1.64. The highest BCUT2D eigenvalue weighted by Crippen LogP contribution is 2.18. The number of piperidine rings is 1. The van der Waals surface area contributed by atoms with Gasteiger partial charge in [-0.3, -0.25) is 4.90 Å². The topological polar surface area (TPSA) is 35.7 Å². The molecule has 2 fully saturated rings. The van der Waals surface area contributed by atoms with E-state index in [9.17, 15) is 0 Å². The van der Waals surface area contributed by atoms with E-state index < -0.39 is 0 Å². The van der Waals surface area contributed by atoms with Gasteiger partial charge in [0, 0.05) is 38.8 Å². The van der Waals surface area contributed by atoms with E-state index in [4.69, 9.17) is 18.0 Å². The zero-order valence-electron chi connectivity index (χ0n) is 12.2. The van der Waals surface area contributed by atoms with Crippen molar-refractivity contribution in [3.63, 3.8) is 0 Å². The fraction of sp³-hybridized carbons (Fsp3) is 0.929. The lowest BCUT2D eigenvalue weighted by atomic mass is 10.00. The van der Waals surface area contributed by atoms with Gasteiger partial charge in [-0.1, -0.05) is 18.6 Å². The molecule has 0 aliphatic carbocycles. The first kappa shape index (κ1) is 15.2. The molecule has 4 nitrogen and oxygen atoms in total. The largest absolute Gasteiger partial charge is 0.392 e. The van der Waals surface area contributed by atoms with Crippen LogP contribution in [0.4, 0.5) is 0 Å². The van der Waals surface area contributed by atoms with Crippen LogP contribution in [0.1, 0.15) is 25.7 Å². The van der Waals surface area contributed by atoms with Crippen molar-refractivity contribution in [1.29, 1.82) is 0 Å². The number of piperazine rings is 1. The Bertz CT molecular complexity index is 289. The summed E-state index contributed by atoms with van der Waals surface area (Å²) in [4.78, 5) is 8.13. The predicted octanol–water partition coefficient (Wildman–Crippen LogP) is 0.765. The number of hydrogen-bond acceptors (Lipinski definition) is 4. The first-order chi connectivity index (χ1) is 9.15. The summed E-state index contributed by atoms with van der Waals surface area (Å²) in [6, 6.07) is 0.809. The third-order valence-corrected chi connectivity index (χ3v) is 4.67. The van der Waals surface area contributed by atoms with Crippen molar-refractivity contribution in [1.82, 2.24) is 14.7 Å². The molecular weight excluding hydrogens is 256 g/mol. The number of rotatable bonds is 5. The van der Waals surface area contributed by atoms with Gasteiger partial charge in [0.2, 0.25) is 0 Å². The van der Waals surface area contributed by atoms with Crippen LogP contribution in [-0.2, 0) is 0 Å². The van der Waals surface area contributed by atoms with Crippen LogP contribution in [0.5, 0.6) is 0 Å². The Hall–Kier alpha value is -0.230. The van der Waals surface area contributed by atoms with Gasteiger partial charge in [0.05, 0.1) is 4.99 Å². The lowest BCUT2D eigenvalue weighted by molar-refractivity contribution is 0.117. The summed E-state index contributed by atoms with van der Waals surface area (Å²) in [7, 11) is 2.28. The molecule has 2 saturated heterocycles. The van der Waals surface area contributed by atoms with Gasteiger partial charge in [-0.25, -0.2) is 0 Å². The van der Waals surface area contributed by atoms with Crippen molar-refractivity contribution in [2.45, 2.75) is 31.7 Å². The van der Waals surface area contributed by atoms with E-state index in [2.05, 4.69) is 21.7 Å². The normalized spacial score (nSPS) is 27.5. The molecule has 1 atom stereocenters. The molecule has 0 bridgehead atoms. The first-order valence-corrected chi connectivity index (χ1v) is 7.99. The van der Waals surface area contributed by atoms with Crippen molar-refractivity contribution in [3.8, 4) is 0 Å². The van der Waals surface area contributed by atoms with E-state index in [0.717, 1.165) is 25.7 Å². The Morgan fingerprint density at radius 1 is 1.11 bits per heavy atom. The third-order valence-electron chi connectivity index (χ3n) is 4.54. The molecule has 0 radical (unpaired) electrons. The molecule has 0 aromatic heterocycles. The van der Waals surface area contributed by atoms with E-state index in [1.807, 2.05) is 0 Å². The van der Waals surface area contributed by atoms with Gasteiger partial charge in [0.25, 0.3) is 0 Å². The summed E-state index contributed by atoms with van der Waals surface area (Å²) in [5, 5.41) is 0. The summed E-state index contributed by atoms with van der Waals surface area (Å²) in [5.41, 5.74) is 5.60. The molecule has 5 heteroatoms. The molecule has 2 rings (SSSR count). The molecule has 0 amide bonds. The number of nitrogens with two attached hydrogens (primary N) is 1. The van der Waals surface area contributed by atoms with Crippen LogP contribution in [0.2, 0.25) is 0 Å². The molecule has 19 heavy (non-hydrogen) atoms. The smallest absolute Gasteiger partial charge is 0.0870 e. The van der Waals surface area contributed by atoms with Gasteiger partial charge in [-0.05, 0) is 39.4 Å². The van der Waals surface area contributed by atoms with Crippen LogP contribution in [0.25, 0.3) is 0 Å². The van der Waals surface area contributed by atoms with E-state index >= 15 is 0 Å². The van der Waals surface area contributed by atoms with E-state index in [0.29, 0.717) is 4.99 Å². The van der Waals surface area contributed by atoms with Gasteiger partial charge < -0.3 is 15.5 Å². The maximum absolute atomic E-state index is 5.60. The zero-order chi connectivity index (χ0) is 13.7. The molecule has 2 N–H and O–H groups in total. The van der Waals surface area contributed by atoms with Gasteiger partial charge in [-0.15, -0.1) is 0 Å². The first-order valence-electron chi connectivity index (χ1n) is 7.58. The standard InChI is InChI=1S/C14H28N4S/c1-16-6-3-2-4-13(16)5-7-17-8-10-18(11-9-17)12-14(15)19/h13H,2-12H2,1H3,(H2,15,19). The minimum atomic E-state index is 0.622. The fourth-order valence-electron chi connectivity index (χ4n) is 3.23. The van der Waals surface area contributed by atoms with E-state index in [1.54, 1.807) is 0 Å². The molecule has 1 unspecified atom stereocenters. The summed E-state index contributed by atoms with van der Waals surface area (Å²) in [6.07, 6.45) is 5.51. The van der Waals surface area contributed by atoms with Gasteiger partial charge in [0.1, 0.15) is 0 Å². The molecular formula is C14H28N4S. The van der Waals surface area contributed by atoms with Gasteiger partial charge >= 0.3 is 0 Å². The molecule has 0 aromatic carbocycles. The SMILES string of the molecule is CN1CCCCC1CCN1CCN(CC(N)=S)CC1. The molecule has 2 aliphatic rings. The fourth-order valence-corrected chi connectivity index (χ4v) is 3.41. The molecule has 2 aliphatic heterocycles. The van der Waals surface area contributed by atoms with Crippen LogP contribution >= 0.6 is 12.2 Å². The average molecular weight is 284 g/mol.